The fourth-order valence-electron chi connectivity index (χ4n) is 4.62. The van der Waals surface area contributed by atoms with E-state index in [1.807, 2.05) is 24.0 Å². The van der Waals surface area contributed by atoms with Crippen molar-refractivity contribution in [3.63, 3.8) is 0 Å². The second-order valence-corrected chi connectivity index (χ2v) is 10.5. The molecule has 0 spiro atoms. The Morgan fingerprint density at radius 2 is 2.22 bits per heavy atom. The molecule has 15 heteroatoms. The summed E-state index contributed by atoms with van der Waals surface area (Å²) < 4.78 is 4.06. The standard InChI is InChI=1S/C21H24N8O5S2/c1-26-5-3-6-28-13(26)4-7-27(28)8-11-9-35-19-15(18(31)29(19)16(11)20(32)33)24-17(30)14(25-34-2)12-10-36-21(22)23-12/h4,7,10,15,19H,3,5-6,8-9H2,1-2H3,(H3-,22,23,24,30,32,33)/t15-,19-/m1/s1. The normalized spacial score (nSPS) is 21.6. The minimum atomic E-state index is -1.42. The number of nitrogens with one attached hydrogen (secondary N) is 1. The maximum atomic E-state index is 13.0. The predicted octanol–water partition coefficient (Wildman–Crippen LogP) is -1.89. The van der Waals surface area contributed by atoms with Crippen LogP contribution in [0.25, 0.3) is 0 Å². The van der Waals surface area contributed by atoms with Gasteiger partial charge in [0.15, 0.2) is 29.4 Å². The molecule has 0 unspecified atom stereocenters. The van der Waals surface area contributed by atoms with Crippen molar-refractivity contribution in [2.24, 2.45) is 5.16 Å². The van der Waals surface area contributed by atoms with Crippen molar-refractivity contribution >= 4 is 57.5 Å². The average Bonchev–Trinajstić information content (AvgIpc) is 3.47. The Morgan fingerprint density at radius 1 is 1.42 bits per heavy atom. The van der Waals surface area contributed by atoms with Gasteiger partial charge in [0.2, 0.25) is 0 Å². The largest absolute Gasteiger partial charge is 0.543 e. The average molecular weight is 533 g/mol. The van der Waals surface area contributed by atoms with E-state index in [0.717, 1.165) is 36.7 Å². The Bertz CT molecular complexity index is 1300. The Hall–Kier alpha value is -3.59. The monoisotopic (exact) mass is 532 g/mol. The minimum absolute atomic E-state index is 0.131. The molecule has 1 saturated heterocycles. The molecule has 3 aliphatic heterocycles. The SMILES string of the molecule is CON=C(C(=O)N[C@@H]1C(=O)N2C(C(=O)[O-])=C(C[n+]3ccc4n3CCCN4C)CS[C@H]12)c1csc(N)n1. The van der Waals surface area contributed by atoms with Gasteiger partial charge in [0, 0.05) is 30.3 Å². The van der Waals surface area contributed by atoms with Gasteiger partial charge in [-0.25, -0.2) is 4.98 Å². The van der Waals surface area contributed by atoms with Gasteiger partial charge in [0.1, 0.15) is 24.2 Å². The Morgan fingerprint density at radius 3 is 2.92 bits per heavy atom. The number of β-lactam (4-membered cyclic amide) rings is 1. The molecule has 0 aromatic carbocycles. The molecule has 2 aromatic rings. The number of nitrogen functional groups attached to an aromatic ring is 1. The number of nitrogens with two attached hydrogens (primary N) is 1. The van der Waals surface area contributed by atoms with Crippen molar-refractivity contribution in [3.05, 3.63) is 34.6 Å². The minimum Gasteiger partial charge on any atom is -0.543 e. The van der Waals surface area contributed by atoms with E-state index in [2.05, 4.69) is 25.0 Å². The van der Waals surface area contributed by atoms with E-state index in [0.29, 0.717) is 17.9 Å². The first-order valence-electron chi connectivity index (χ1n) is 11.1. The molecule has 13 nitrogen and oxygen atoms in total. The number of nitrogens with zero attached hydrogens (tertiary/aromatic N) is 6. The summed E-state index contributed by atoms with van der Waals surface area (Å²) in [4.78, 5) is 50.2. The lowest BCUT2D eigenvalue weighted by Gasteiger charge is -2.50. The number of fused-ring (bicyclic) bond motifs is 2. The zero-order chi connectivity index (χ0) is 25.6. The number of thioether (sulfide) groups is 1. The van der Waals surface area contributed by atoms with Crippen LogP contribution in [0.3, 0.4) is 0 Å². The molecule has 0 radical (unpaired) electrons. The Kier molecular flexibility index (Phi) is 6.34. The number of oxime groups is 1. The highest BCUT2D eigenvalue weighted by Crippen LogP contribution is 2.40. The van der Waals surface area contributed by atoms with Gasteiger partial charge >= 0.3 is 0 Å². The first-order chi connectivity index (χ1) is 17.3. The lowest BCUT2D eigenvalue weighted by Crippen LogP contribution is -2.71. The van der Waals surface area contributed by atoms with Crippen LogP contribution >= 0.6 is 23.1 Å². The molecule has 1 fully saturated rings. The second kappa shape index (κ2) is 9.46. The summed E-state index contributed by atoms with van der Waals surface area (Å²) in [5.74, 6) is -1.21. The maximum absolute atomic E-state index is 13.0. The van der Waals surface area contributed by atoms with Crippen LogP contribution < -0.4 is 25.7 Å². The molecular weight excluding hydrogens is 508 g/mol. The number of carboxylic acid groups (broad SMARTS) is 1. The molecule has 0 bridgehead atoms. The molecule has 190 valence electrons. The summed E-state index contributed by atoms with van der Waals surface area (Å²) in [6.45, 7) is 2.09. The highest BCUT2D eigenvalue weighted by atomic mass is 32.2. The molecule has 3 aliphatic rings. The highest BCUT2D eigenvalue weighted by Gasteiger charge is 2.53. The van der Waals surface area contributed by atoms with E-state index in [-0.39, 0.29) is 22.2 Å². The Balaban J connectivity index is 1.35. The molecular formula is C21H24N8O5S2. The molecule has 0 aliphatic carbocycles. The summed E-state index contributed by atoms with van der Waals surface area (Å²) in [7, 11) is 3.30. The van der Waals surface area contributed by atoms with Crippen molar-refractivity contribution in [3.8, 4) is 0 Å². The summed E-state index contributed by atoms with van der Waals surface area (Å²) in [5, 5.41) is 19.7. The van der Waals surface area contributed by atoms with Crippen LogP contribution in [0.4, 0.5) is 10.9 Å². The van der Waals surface area contributed by atoms with Crippen molar-refractivity contribution in [2.75, 3.05) is 37.1 Å². The molecule has 2 aromatic heterocycles. The van der Waals surface area contributed by atoms with Crippen LogP contribution in [0, 0.1) is 0 Å². The lowest BCUT2D eigenvalue weighted by atomic mass is 10.0. The number of amides is 2. The number of thiazole rings is 1. The Labute approximate surface area is 214 Å². The molecule has 2 atom stereocenters. The van der Waals surface area contributed by atoms with E-state index in [4.69, 9.17) is 10.6 Å². The van der Waals surface area contributed by atoms with Gasteiger partial charge in [-0.2, -0.15) is 0 Å². The van der Waals surface area contributed by atoms with Gasteiger partial charge in [-0.15, -0.1) is 32.5 Å². The van der Waals surface area contributed by atoms with Crippen LogP contribution in [0.2, 0.25) is 0 Å². The number of aliphatic carboxylic acids is 1. The van der Waals surface area contributed by atoms with E-state index in [1.54, 1.807) is 5.38 Å². The van der Waals surface area contributed by atoms with Gasteiger partial charge in [-0.3, -0.25) is 14.5 Å². The number of anilines is 2. The van der Waals surface area contributed by atoms with Crippen LogP contribution in [0.5, 0.6) is 0 Å². The van der Waals surface area contributed by atoms with Crippen LogP contribution in [0.15, 0.2) is 34.1 Å². The predicted molar refractivity (Wildman–Crippen MR) is 130 cm³/mol. The highest BCUT2D eigenvalue weighted by molar-refractivity contribution is 8.00. The molecule has 5 rings (SSSR count). The number of carbonyl (C=O) groups is 3. The molecule has 2 amide bonds. The fourth-order valence-corrected chi connectivity index (χ4v) is 6.50. The van der Waals surface area contributed by atoms with Gasteiger partial charge in [-0.05, 0) is 6.42 Å². The number of aromatic nitrogens is 3. The zero-order valence-electron chi connectivity index (χ0n) is 19.5. The van der Waals surface area contributed by atoms with Crippen LogP contribution in [-0.2, 0) is 32.3 Å². The van der Waals surface area contributed by atoms with Gasteiger partial charge in [0.05, 0.1) is 24.3 Å². The molecule has 5 heterocycles. The van der Waals surface area contributed by atoms with Gasteiger partial charge in [-0.1, -0.05) is 5.16 Å². The first kappa shape index (κ1) is 24.1. The van der Waals surface area contributed by atoms with Gasteiger partial charge in [0.25, 0.3) is 11.8 Å². The quantitative estimate of drug-likeness (QED) is 0.180. The topological polar surface area (TPSA) is 162 Å². The van der Waals surface area contributed by atoms with Crippen molar-refractivity contribution in [1.29, 1.82) is 0 Å². The first-order valence-corrected chi connectivity index (χ1v) is 13.0. The number of carbonyl (C=O) groups excluding carboxylic acids is 3. The maximum Gasteiger partial charge on any atom is 0.276 e. The summed E-state index contributed by atoms with van der Waals surface area (Å²) in [5.41, 5.74) is 6.18. The molecule has 0 saturated carbocycles. The third-order valence-electron chi connectivity index (χ3n) is 6.27. The number of carboxylic acids is 1. The summed E-state index contributed by atoms with van der Waals surface area (Å²) in [6.07, 6.45) is 2.89. The van der Waals surface area contributed by atoms with E-state index < -0.39 is 29.2 Å². The van der Waals surface area contributed by atoms with Gasteiger partial charge < -0.3 is 30.7 Å². The third-order valence-corrected chi connectivity index (χ3v) is 8.28. The number of rotatable bonds is 7. The van der Waals surface area contributed by atoms with Crippen LogP contribution in [0.1, 0.15) is 12.1 Å². The molecule has 3 N–H and O–H groups in total. The third kappa shape index (κ3) is 4.07. The van der Waals surface area contributed by atoms with Crippen LogP contribution in [-0.4, -0.2) is 75.9 Å². The number of hydrogen-bond donors (Lipinski definition) is 2. The van der Waals surface area contributed by atoms with E-state index in [9.17, 15) is 19.5 Å². The second-order valence-electron chi connectivity index (χ2n) is 8.46. The smallest absolute Gasteiger partial charge is 0.276 e. The van der Waals surface area contributed by atoms with Crippen molar-refractivity contribution in [1.82, 2.24) is 19.9 Å². The van der Waals surface area contributed by atoms with E-state index >= 15 is 0 Å². The number of hydrogen-bond acceptors (Lipinski definition) is 11. The van der Waals surface area contributed by atoms with E-state index in [1.165, 1.54) is 23.8 Å². The summed E-state index contributed by atoms with van der Waals surface area (Å²) >= 11 is 2.52. The lowest BCUT2D eigenvalue weighted by molar-refractivity contribution is -0.768. The zero-order valence-corrected chi connectivity index (χ0v) is 21.2. The summed E-state index contributed by atoms with van der Waals surface area (Å²) in [6, 6.07) is 1.06. The van der Waals surface area contributed by atoms with Crippen molar-refractivity contribution in [2.45, 2.75) is 30.9 Å². The molecule has 36 heavy (non-hydrogen) atoms. The van der Waals surface area contributed by atoms with Crippen molar-refractivity contribution < 1.29 is 29.0 Å². The fraction of sp³-hybridized carbons (Fsp3) is 0.429.